The van der Waals surface area contributed by atoms with Crippen LogP contribution in [-0.4, -0.2) is 39.0 Å². The summed E-state index contributed by atoms with van der Waals surface area (Å²) in [7, 11) is 0. The van der Waals surface area contributed by atoms with Crippen molar-refractivity contribution in [2.45, 2.75) is 11.6 Å². The summed E-state index contributed by atoms with van der Waals surface area (Å²) in [5.74, 6) is 0.700. The Morgan fingerprint density at radius 3 is 2.41 bits per heavy atom. The van der Waals surface area contributed by atoms with Gasteiger partial charge in [-0.1, -0.05) is 23.9 Å². The van der Waals surface area contributed by atoms with Crippen LogP contribution in [0.1, 0.15) is 27.1 Å². The van der Waals surface area contributed by atoms with E-state index in [2.05, 4.69) is 9.97 Å². The maximum Gasteiger partial charge on any atom is 0.261 e. The van der Waals surface area contributed by atoms with Crippen molar-refractivity contribution in [3.05, 3.63) is 47.7 Å². The van der Waals surface area contributed by atoms with E-state index in [0.29, 0.717) is 40.8 Å². The van der Waals surface area contributed by atoms with Gasteiger partial charge in [0.05, 0.1) is 11.1 Å². The Morgan fingerprint density at radius 2 is 1.77 bits per heavy atom. The molecule has 0 spiro atoms. The molecule has 0 saturated heterocycles. The number of nitrogens with two attached hydrogens (primary N) is 1. The van der Waals surface area contributed by atoms with E-state index in [-0.39, 0.29) is 11.8 Å². The summed E-state index contributed by atoms with van der Waals surface area (Å²) in [6, 6.07) is 8.53. The van der Waals surface area contributed by atoms with Crippen LogP contribution in [0.5, 0.6) is 0 Å². The molecule has 0 bridgehead atoms. The topological polar surface area (TPSA) is 89.2 Å². The molecule has 22 heavy (non-hydrogen) atoms. The van der Waals surface area contributed by atoms with Gasteiger partial charge in [0, 0.05) is 18.5 Å². The molecule has 0 atom stereocenters. The van der Waals surface area contributed by atoms with E-state index in [0.717, 1.165) is 0 Å². The van der Waals surface area contributed by atoms with E-state index in [9.17, 15) is 9.59 Å². The van der Waals surface area contributed by atoms with Gasteiger partial charge in [-0.2, -0.15) is 0 Å². The average molecular weight is 314 g/mol. The molecule has 0 radical (unpaired) electrons. The molecule has 2 heterocycles. The Hall–Kier alpha value is -2.41. The van der Waals surface area contributed by atoms with Gasteiger partial charge >= 0.3 is 0 Å². The first-order chi connectivity index (χ1) is 10.7. The summed E-state index contributed by atoms with van der Waals surface area (Å²) in [6.45, 7) is 0.391. The van der Waals surface area contributed by atoms with E-state index in [1.807, 2.05) is 0 Å². The third kappa shape index (κ3) is 2.80. The molecule has 0 fully saturated rings. The van der Waals surface area contributed by atoms with Crippen LogP contribution in [0.15, 0.2) is 41.7 Å². The highest BCUT2D eigenvalue weighted by molar-refractivity contribution is 7.99. The fourth-order valence-corrected chi connectivity index (χ4v) is 3.01. The maximum atomic E-state index is 12.2. The van der Waals surface area contributed by atoms with Gasteiger partial charge in [0.2, 0.25) is 0 Å². The van der Waals surface area contributed by atoms with E-state index in [1.54, 1.807) is 36.5 Å². The lowest BCUT2D eigenvalue weighted by Crippen LogP contribution is -2.31. The quantitative estimate of drug-likeness (QED) is 0.392. The number of nitrogens with zero attached hydrogens (tertiary/aromatic N) is 3. The zero-order valence-electron chi connectivity index (χ0n) is 11.7. The monoisotopic (exact) mass is 314 g/mol. The summed E-state index contributed by atoms with van der Waals surface area (Å²) >= 11 is 1.45. The Kier molecular flexibility index (Phi) is 4.06. The Bertz CT molecular complexity index is 700. The van der Waals surface area contributed by atoms with Crippen molar-refractivity contribution in [1.29, 1.82) is 0 Å². The van der Waals surface area contributed by atoms with Gasteiger partial charge < -0.3 is 5.73 Å². The van der Waals surface area contributed by atoms with Crippen molar-refractivity contribution >= 4 is 29.4 Å². The third-order valence-electron chi connectivity index (χ3n) is 3.29. The molecule has 112 valence electrons. The second-order valence-electron chi connectivity index (χ2n) is 4.77. The molecule has 1 aromatic carbocycles. The van der Waals surface area contributed by atoms with Crippen molar-refractivity contribution in [3.63, 3.8) is 0 Å². The first kappa shape index (κ1) is 14.5. The van der Waals surface area contributed by atoms with E-state index in [1.165, 1.54) is 16.7 Å². The number of carbonyl (C=O) groups excluding carboxylic acids is 2. The molecule has 0 unspecified atom stereocenters. The lowest BCUT2D eigenvalue weighted by molar-refractivity contribution is 0.0655. The molecule has 2 amide bonds. The Morgan fingerprint density at radius 1 is 1.09 bits per heavy atom. The minimum absolute atomic E-state index is 0.217. The number of hydrogen-bond acceptors (Lipinski definition) is 6. The molecule has 1 aliphatic heterocycles. The van der Waals surface area contributed by atoms with Crippen LogP contribution >= 0.6 is 11.8 Å². The van der Waals surface area contributed by atoms with Gasteiger partial charge in [0.1, 0.15) is 5.82 Å². The fraction of sp³-hybridized carbons (Fsp3) is 0.200. The molecule has 2 aromatic rings. The fourth-order valence-electron chi connectivity index (χ4n) is 2.25. The van der Waals surface area contributed by atoms with Crippen LogP contribution in [0.25, 0.3) is 0 Å². The SMILES string of the molecule is Nc1ccnc(SCCCN2C(=O)c3ccccc3C2=O)n1. The number of aromatic nitrogens is 2. The van der Waals surface area contributed by atoms with Crippen LogP contribution in [0, 0.1) is 0 Å². The summed E-state index contributed by atoms with van der Waals surface area (Å²) < 4.78 is 0. The van der Waals surface area contributed by atoms with Crippen LogP contribution in [0.4, 0.5) is 5.82 Å². The van der Waals surface area contributed by atoms with E-state index in [4.69, 9.17) is 5.73 Å². The normalized spacial score (nSPS) is 13.5. The highest BCUT2D eigenvalue weighted by Crippen LogP contribution is 2.23. The molecular weight excluding hydrogens is 300 g/mol. The number of anilines is 1. The summed E-state index contributed by atoms with van der Waals surface area (Å²) in [4.78, 5) is 33.8. The molecular formula is C15H14N4O2S. The predicted molar refractivity (Wildman–Crippen MR) is 83.6 cm³/mol. The number of hydrogen-bond donors (Lipinski definition) is 1. The third-order valence-corrected chi connectivity index (χ3v) is 4.24. The largest absolute Gasteiger partial charge is 0.384 e. The number of nitrogen functional groups attached to an aromatic ring is 1. The zero-order chi connectivity index (χ0) is 15.5. The van der Waals surface area contributed by atoms with E-state index < -0.39 is 0 Å². The Balaban J connectivity index is 1.55. The van der Waals surface area contributed by atoms with Crippen LogP contribution < -0.4 is 5.73 Å². The van der Waals surface area contributed by atoms with Crippen LogP contribution in [0.2, 0.25) is 0 Å². The minimum Gasteiger partial charge on any atom is -0.384 e. The van der Waals surface area contributed by atoms with Crippen molar-refractivity contribution in [1.82, 2.24) is 14.9 Å². The van der Waals surface area contributed by atoms with Gasteiger partial charge in [0.15, 0.2) is 5.16 Å². The first-order valence-electron chi connectivity index (χ1n) is 6.83. The summed E-state index contributed by atoms with van der Waals surface area (Å²) in [5, 5.41) is 0.599. The van der Waals surface area contributed by atoms with Crippen molar-refractivity contribution in [3.8, 4) is 0 Å². The summed E-state index contributed by atoms with van der Waals surface area (Å²) in [6.07, 6.45) is 2.28. The average Bonchev–Trinajstić information content (AvgIpc) is 2.77. The van der Waals surface area contributed by atoms with Crippen molar-refractivity contribution in [2.24, 2.45) is 0 Å². The second kappa shape index (κ2) is 6.15. The van der Waals surface area contributed by atoms with Crippen molar-refractivity contribution in [2.75, 3.05) is 18.0 Å². The highest BCUT2D eigenvalue weighted by Gasteiger charge is 2.34. The number of fused-ring (bicyclic) bond motifs is 1. The highest BCUT2D eigenvalue weighted by atomic mass is 32.2. The standard InChI is InChI=1S/C15H14N4O2S/c16-12-6-7-17-15(18-12)22-9-3-8-19-13(20)10-4-1-2-5-11(10)14(19)21/h1-2,4-7H,3,8-9H2,(H2,16,17,18). The molecule has 0 saturated carbocycles. The number of benzene rings is 1. The molecule has 7 heteroatoms. The maximum absolute atomic E-state index is 12.2. The number of imide groups is 1. The predicted octanol–water partition coefficient (Wildman–Crippen LogP) is 1.84. The number of rotatable bonds is 5. The Labute approximate surface area is 131 Å². The molecule has 0 aliphatic carbocycles. The first-order valence-corrected chi connectivity index (χ1v) is 7.82. The van der Waals surface area contributed by atoms with Gasteiger partial charge in [-0.05, 0) is 24.6 Å². The molecule has 1 aromatic heterocycles. The van der Waals surface area contributed by atoms with Crippen LogP contribution in [-0.2, 0) is 0 Å². The van der Waals surface area contributed by atoms with Gasteiger partial charge in [0.25, 0.3) is 11.8 Å². The molecule has 3 rings (SSSR count). The second-order valence-corrected chi connectivity index (χ2v) is 5.84. The molecule has 1 aliphatic rings. The molecule has 2 N–H and O–H groups in total. The number of amides is 2. The number of thioether (sulfide) groups is 1. The zero-order valence-corrected chi connectivity index (χ0v) is 12.5. The minimum atomic E-state index is -0.217. The van der Waals surface area contributed by atoms with E-state index >= 15 is 0 Å². The lowest BCUT2D eigenvalue weighted by atomic mass is 10.1. The van der Waals surface area contributed by atoms with Gasteiger partial charge in [-0.25, -0.2) is 9.97 Å². The van der Waals surface area contributed by atoms with Gasteiger partial charge in [-0.3, -0.25) is 14.5 Å². The van der Waals surface area contributed by atoms with Gasteiger partial charge in [-0.15, -0.1) is 0 Å². The number of carbonyl (C=O) groups is 2. The van der Waals surface area contributed by atoms with Crippen molar-refractivity contribution < 1.29 is 9.59 Å². The summed E-state index contributed by atoms with van der Waals surface area (Å²) in [5.41, 5.74) is 6.56. The van der Waals surface area contributed by atoms with Crippen LogP contribution in [0.3, 0.4) is 0 Å². The smallest absolute Gasteiger partial charge is 0.261 e. The molecule has 6 nitrogen and oxygen atoms in total. The lowest BCUT2D eigenvalue weighted by Gasteiger charge is -2.13.